The van der Waals surface area contributed by atoms with Gasteiger partial charge >= 0.3 is 6.03 Å². The third-order valence-corrected chi connectivity index (χ3v) is 3.34. The van der Waals surface area contributed by atoms with E-state index >= 15 is 0 Å². The van der Waals surface area contributed by atoms with E-state index in [1.165, 1.54) is 0 Å². The Bertz CT molecular complexity index is 245. The summed E-state index contributed by atoms with van der Waals surface area (Å²) in [6.07, 6.45) is 2.25. The van der Waals surface area contributed by atoms with Gasteiger partial charge < -0.3 is 14.9 Å². The van der Waals surface area contributed by atoms with Gasteiger partial charge in [-0.2, -0.15) is 0 Å². The Morgan fingerprint density at radius 3 is 2.57 bits per heavy atom. The molecule has 1 heterocycles. The quantitative estimate of drug-likeness (QED) is 0.702. The maximum absolute atomic E-state index is 11.6. The summed E-state index contributed by atoms with van der Waals surface area (Å²) in [6.45, 7) is 3.73. The summed E-state index contributed by atoms with van der Waals surface area (Å²) >= 11 is 0. The van der Waals surface area contributed by atoms with E-state index in [0.29, 0.717) is 19.0 Å². The molecule has 2 fully saturated rings. The number of urea groups is 1. The monoisotopic (exact) mass is 198 g/mol. The average Bonchev–Trinajstić information content (AvgIpc) is 2.93. The zero-order valence-corrected chi connectivity index (χ0v) is 8.86. The van der Waals surface area contributed by atoms with Crippen LogP contribution in [0.3, 0.4) is 0 Å². The zero-order chi connectivity index (χ0) is 10.3. The van der Waals surface area contributed by atoms with Crippen molar-refractivity contribution in [3.63, 3.8) is 0 Å². The van der Waals surface area contributed by atoms with Crippen LogP contribution in [0.4, 0.5) is 4.79 Å². The lowest BCUT2D eigenvalue weighted by atomic mass is 9.89. The van der Waals surface area contributed by atoms with Gasteiger partial charge in [0.2, 0.25) is 0 Å². The molecule has 0 aromatic heterocycles. The van der Waals surface area contributed by atoms with Gasteiger partial charge in [-0.15, -0.1) is 0 Å². The van der Waals surface area contributed by atoms with Gasteiger partial charge in [0, 0.05) is 13.6 Å². The predicted octanol–water partition coefficient (Wildman–Crippen LogP) is 0.515. The highest BCUT2D eigenvalue weighted by Gasteiger charge is 2.53. The highest BCUT2D eigenvalue weighted by atomic mass is 16.3. The van der Waals surface area contributed by atoms with Crippen LogP contribution in [0.2, 0.25) is 0 Å². The van der Waals surface area contributed by atoms with Crippen LogP contribution >= 0.6 is 0 Å². The molecular weight excluding hydrogens is 180 g/mol. The number of carbonyl (C=O) groups excluding carboxylic acids is 1. The van der Waals surface area contributed by atoms with Crippen LogP contribution in [-0.4, -0.2) is 53.2 Å². The molecule has 1 saturated carbocycles. The second-order valence-corrected chi connectivity index (χ2v) is 4.53. The van der Waals surface area contributed by atoms with Crippen LogP contribution in [0.15, 0.2) is 0 Å². The maximum Gasteiger partial charge on any atom is 0.319 e. The standard InChI is InChI=1S/C10H18N2O2/c1-3-11(2)9(13)12-6-10(14,7-12)8-4-5-8/h8,14H,3-7H2,1-2H3. The Balaban J connectivity index is 1.84. The molecule has 0 bridgehead atoms. The highest BCUT2D eigenvalue weighted by Crippen LogP contribution is 2.44. The van der Waals surface area contributed by atoms with Crippen molar-refractivity contribution >= 4 is 6.03 Å². The molecule has 1 aliphatic heterocycles. The molecule has 2 rings (SSSR count). The lowest BCUT2D eigenvalue weighted by Gasteiger charge is -2.47. The highest BCUT2D eigenvalue weighted by molar-refractivity contribution is 5.75. The van der Waals surface area contributed by atoms with Crippen LogP contribution < -0.4 is 0 Å². The van der Waals surface area contributed by atoms with Gasteiger partial charge in [0.15, 0.2) is 0 Å². The topological polar surface area (TPSA) is 43.8 Å². The first kappa shape index (κ1) is 9.77. The van der Waals surface area contributed by atoms with Crippen LogP contribution in [-0.2, 0) is 0 Å². The Labute approximate surface area is 84.5 Å². The fourth-order valence-corrected chi connectivity index (χ4v) is 2.01. The molecule has 4 heteroatoms. The minimum atomic E-state index is -0.551. The van der Waals surface area contributed by atoms with Crippen LogP contribution in [0.1, 0.15) is 19.8 Å². The normalized spacial score (nSPS) is 24.4. The van der Waals surface area contributed by atoms with Crippen molar-refractivity contribution in [1.82, 2.24) is 9.80 Å². The Morgan fingerprint density at radius 1 is 1.57 bits per heavy atom. The molecule has 0 radical (unpaired) electrons. The van der Waals surface area contributed by atoms with Crippen LogP contribution in [0.5, 0.6) is 0 Å². The fraction of sp³-hybridized carbons (Fsp3) is 0.900. The van der Waals surface area contributed by atoms with Gasteiger partial charge in [0.25, 0.3) is 0 Å². The average molecular weight is 198 g/mol. The van der Waals surface area contributed by atoms with Crippen molar-refractivity contribution in [3.8, 4) is 0 Å². The summed E-state index contributed by atoms with van der Waals surface area (Å²) in [5, 5.41) is 10.0. The molecule has 1 N–H and O–H groups in total. The number of aliphatic hydroxyl groups is 1. The van der Waals surface area contributed by atoms with E-state index in [-0.39, 0.29) is 6.03 Å². The van der Waals surface area contributed by atoms with E-state index in [0.717, 1.165) is 19.4 Å². The summed E-state index contributed by atoms with van der Waals surface area (Å²) < 4.78 is 0. The molecule has 2 amide bonds. The summed E-state index contributed by atoms with van der Waals surface area (Å²) in [5.41, 5.74) is -0.551. The van der Waals surface area contributed by atoms with Crippen molar-refractivity contribution in [3.05, 3.63) is 0 Å². The first-order chi connectivity index (χ1) is 6.57. The fourth-order valence-electron chi connectivity index (χ4n) is 2.01. The largest absolute Gasteiger partial charge is 0.386 e. The van der Waals surface area contributed by atoms with E-state index in [1.807, 2.05) is 6.92 Å². The van der Waals surface area contributed by atoms with Gasteiger partial charge in [0.1, 0.15) is 5.60 Å². The molecule has 0 aromatic rings. The van der Waals surface area contributed by atoms with E-state index in [2.05, 4.69) is 0 Å². The van der Waals surface area contributed by atoms with Crippen LogP contribution in [0.25, 0.3) is 0 Å². The van der Waals surface area contributed by atoms with Crippen LogP contribution in [0, 0.1) is 5.92 Å². The minimum absolute atomic E-state index is 0.0397. The molecule has 0 unspecified atom stereocenters. The zero-order valence-electron chi connectivity index (χ0n) is 8.86. The number of rotatable bonds is 2. The first-order valence-corrected chi connectivity index (χ1v) is 5.29. The lowest BCUT2D eigenvalue weighted by Crippen LogP contribution is -2.66. The number of carbonyl (C=O) groups is 1. The molecule has 4 nitrogen and oxygen atoms in total. The third-order valence-electron chi connectivity index (χ3n) is 3.34. The SMILES string of the molecule is CCN(C)C(=O)N1CC(O)(C2CC2)C1. The van der Waals surface area contributed by atoms with E-state index in [4.69, 9.17) is 0 Å². The van der Waals surface area contributed by atoms with Gasteiger partial charge in [0.05, 0.1) is 13.1 Å². The summed E-state index contributed by atoms with van der Waals surface area (Å²) in [7, 11) is 1.79. The first-order valence-electron chi connectivity index (χ1n) is 5.29. The number of amides is 2. The summed E-state index contributed by atoms with van der Waals surface area (Å²) in [6, 6.07) is 0.0397. The van der Waals surface area contributed by atoms with Crippen molar-refractivity contribution in [2.24, 2.45) is 5.92 Å². The number of likely N-dealkylation sites (tertiary alicyclic amines) is 1. The van der Waals surface area contributed by atoms with Crippen molar-refractivity contribution < 1.29 is 9.90 Å². The molecule has 0 aromatic carbocycles. The molecule has 1 saturated heterocycles. The predicted molar refractivity (Wildman–Crippen MR) is 52.9 cm³/mol. The van der Waals surface area contributed by atoms with Crippen molar-refractivity contribution in [2.45, 2.75) is 25.4 Å². The smallest absolute Gasteiger partial charge is 0.319 e. The van der Waals surface area contributed by atoms with E-state index < -0.39 is 5.60 Å². The Kier molecular flexibility index (Phi) is 2.18. The molecule has 14 heavy (non-hydrogen) atoms. The summed E-state index contributed by atoms with van der Waals surface area (Å²) in [5.74, 6) is 0.457. The minimum Gasteiger partial charge on any atom is -0.386 e. The summed E-state index contributed by atoms with van der Waals surface area (Å²) in [4.78, 5) is 15.0. The second kappa shape index (κ2) is 3.12. The Hall–Kier alpha value is -0.770. The molecule has 1 aliphatic carbocycles. The Morgan fingerprint density at radius 2 is 2.14 bits per heavy atom. The molecule has 80 valence electrons. The van der Waals surface area contributed by atoms with E-state index in [9.17, 15) is 9.90 Å². The van der Waals surface area contributed by atoms with Crippen molar-refractivity contribution in [1.29, 1.82) is 0 Å². The number of nitrogens with zero attached hydrogens (tertiary/aromatic N) is 2. The van der Waals surface area contributed by atoms with Gasteiger partial charge in [-0.25, -0.2) is 4.79 Å². The number of β-amino-alcohol motifs (C(OH)–C–C–N with tert-alkyl or cyclic N) is 1. The van der Waals surface area contributed by atoms with E-state index in [1.54, 1.807) is 16.8 Å². The lowest BCUT2D eigenvalue weighted by molar-refractivity contribution is -0.0956. The maximum atomic E-state index is 11.6. The van der Waals surface area contributed by atoms with Gasteiger partial charge in [-0.3, -0.25) is 0 Å². The number of hydrogen-bond acceptors (Lipinski definition) is 2. The van der Waals surface area contributed by atoms with Gasteiger partial charge in [-0.05, 0) is 25.7 Å². The third kappa shape index (κ3) is 1.47. The molecule has 0 spiro atoms. The second-order valence-electron chi connectivity index (χ2n) is 4.53. The molecular formula is C10H18N2O2. The van der Waals surface area contributed by atoms with Crippen molar-refractivity contribution in [2.75, 3.05) is 26.7 Å². The van der Waals surface area contributed by atoms with Gasteiger partial charge in [-0.1, -0.05) is 0 Å². The molecule has 2 aliphatic rings. The number of hydrogen-bond donors (Lipinski definition) is 1. The molecule has 0 atom stereocenters.